The van der Waals surface area contributed by atoms with Crippen molar-refractivity contribution in [2.75, 3.05) is 11.9 Å². The van der Waals surface area contributed by atoms with Crippen LogP contribution in [0.4, 0.5) is 5.82 Å². The molecule has 3 aromatic rings. The van der Waals surface area contributed by atoms with Crippen molar-refractivity contribution in [1.29, 1.82) is 0 Å². The molecule has 0 saturated heterocycles. The molecular formula is C15H17N7. The molecule has 0 aliphatic heterocycles. The molecule has 7 heteroatoms. The summed E-state index contributed by atoms with van der Waals surface area (Å²) in [5.41, 5.74) is 1.76. The molecule has 0 bridgehead atoms. The van der Waals surface area contributed by atoms with Crippen molar-refractivity contribution < 1.29 is 0 Å². The number of aromatic nitrogens is 6. The number of pyridine rings is 1. The normalized spacial score (nSPS) is 10.6. The highest BCUT2D eigenvalue weighted by Gasteiger charge is 2.07. The molecule has 0 unspecified atom stereocenters. The number of aryl methyl sites for hydroxylation is 1. The van der Waals surface area contributed by atoms with Crippen LogP contribution in [0.2, 0.25) is 0 Å². The topological polar surface area (TPSA) is 81.4 Å². The Morgan fingerprint density at radius 2 is 2.14 bits per heavy atom. The van der Waals surface area contributed by atoms with Crippen LogP contribution in [0.25, 0.3) is 11.5 Å². The van der Waals surface area contributed by atoms with Gasteiger partial charge in [0.1, 0.15) is 11.5 Å². The number of hydrogen-bond acceptors (Lipinski definition) is 6. The molecule has 0 atom stereocenters. The highest BCUT2D eigenvalue weighted by Crippen LogP contribution is 2.15. The van der Waals surface area contributed by atoms with Gasteiger partial charge in [-0.15, -0.1) is 5.10 Å². The van der Waals surface area contributed by atoms with E-state index in [1.54, 1.807) is 17.1 Å². The third-order valence-corrected chi connectivity index (χ3v) is 3.15. The van der Waals surface area contributed by atoms with Crippen LogP contribution in [0.15, 0.2) is 42.9 Å². The number of hydrogen-bond donors (Lipinski definition) is 1. The van der Waals surface area contributed by atoms with E-state index in [1.807, 2.05) is 30.5 Å². The van der Waals surface area contributed by atoms with Crippen molar-refractivity contribution in [3.05, 3.63) is 48.5 Å². The molecule has 0 aliphatic carbocycles. The van der Waals surface area contributed by atoms with Gasteiger partial charge in [0, 0.05) is 30.7 Å². The second kappa shape index (κ2) is 6.75. The van der Waals surface area contributed by atoms with E-state index in [-0.39, 0.29) is 0 Å². The van der Waals surface area contributed by atoms with Gasteiger partial charge in [0.15, 0.2) is 5.82 Å². The van der Waals surface area contributed by atoms with Crippen LogP contribution in [0, 0.1) is 0 Å². The first-order chi connectivity index (χ1) is 10.8. The lowest BCUT2D eigenvalue weighted by atomic mass is 10.3. The van der Waals surface area contributed by atoms with E-state index in [1.165, 1.54) is 0 Å². The number of rotatable bonds is 6. The van der Waals surface area contributed by atoms with Crippen LogP contribution < -0.4 is 5.32 Å². The van der Waals surface area contributed by atoms with Gasteiger partial charge in [0.05, 0.1) is 12.7 Å². The zero-order valence-electron chi connectivity index (χ0n) is 12.3. The molecule has 0 fully saturated rings. The van der Waals surface area contributed by atoms with E-state index in [4.69, 9.17) is 0 Å². The lowest BCUT2D eigenvalue weighted by Crippen LogP contribution is -2.13. The summed E-state index contributed by atoms with van der Waals surface area (Å²) in [5.74, 6) is 1.44. The molecule has 112 valence electrons. The molecular weight excluding hydrogens is 278 g/mol. The quantitative estimate of drug-likeness (QED) is 0.747. The highest BCUT2D eigenvalue weighted by molar-refractivity contribution is 5.52. The smallest absolute Gasteiger partial charge is 0.180 e. The van der Waals surface area contributed by atoms with Crippen LogP contribution in [-0.2, 0) is 13.0 Å². The predicted molar refractivity (Wildman–Crippen MR) is 83.2 cm³/mol. The fraction of sp³-hybridized carbons (Fsp3) is 0.267. The molecule has 22 heavy (non-hydrogen) atoms. The first kappa shape index (κ1) is 14.1. The van der Waals surface area contributed by atoms with Gasteiger partial charge in [0.25, 0.3) is 0 Å². The van der Waals surface area contributed by atoms with E-state index in [9.17, 15) is 0 Å². The molecule has 3 rings (SSSR count). The van der Waals surface area contributed by atoms with Gasteiger partial charge in [-0.05, 0) is 18.6 Å². The second-order valence-corrected chi connectivity index (χ2v) is 4.73. The molecule has 1 N–H and O–H groups in total. The summed E-state index contributed by atoms with van der Waals surface area (Å²) < 4.78 is 1.77. The van der Waals surface area contributed by atoms with Gasteiger partial charge in [-0.25, -0.2) is 9.97 Å². The first-order valence-electron chi connectivity index (χ1n) is 7.22. The summed E-state index contributed by atoms with van der Waals surface area (Å²) in [6.45, 7) is 3.51. The summed E-state index contributed by atoms with van der Waals surface area (Å²) in [6.07, 6.45) is 6.09. The Morgan fingerprint density at radius 3 is 2.86 bits per heavy atom. The summed E-state index contributed by atoms with van der Waals surface area (Å²) in [6, 6.07) is 7.69. The largest absolute Gasteiger partial charge is 0.368 e. The van der Waals surface area contributed by atoms with Crippen LogP contribution in [0.3, 0.4) is 0 Å². The predicted octanol–water partition coefficient (Wildman–Crippen LogP) is 1.80. The maximum atomic E-state index is 4.54. The van der Waals surface area contributed by atoms with Crippen molar-refractivity contribution in [2.24, 2.45) is 0 Å². The SMILES string of the molecule is CCc1cc(NCCn2ccnn2)nc(-c2ccccn2)n1. The molecule has 0 spiro atoms. The monoisotopic (exact) mass is 295 g/mol. The van der Waals surface area contributed by atoms with Crippen LogP contribution in [-0.4, -0.2) is 36.5 Å². The van der Waals surface area contributed by atoms with Gasteiger partial charge in [-0.2, -0.15) is 0 Å². The zero-order chi connectivity index (χ0) is 15.2. The third kappa shape index (κ3) is 3.43. The Morgan fingerprint density at radius 1 is 1.18 bits per heavy atom. The lowest BCUT2D eigenvalue weighted by molar-refractivity contribution is 0.608. The fourth-order valence-electron chi connectivity index (χ4n) is 2.03. The van der Waals surface area contributed by atoms with E-state index < -0.39 is 0 Å². The van der Waals surface area contributed by atoms with Crippen molar-refractivity contribution in [2.45, 2.75) is 19.9 Å². The van der Waals surface area contributed by atoms with E-state index in [0.717, 1.165) is 30.2 Å². The summed E-state index contributed by atoms with van der Waals surface area (Å²) in [7, 11) is 0. The van der Waals surface area contributed by atoms with Gasteiger partial charge in [-0.3, -0.25) is 9.67 Å². The maximum Gasteiger partial charge on any atom is 0.180 e. The molecule has 0 aliphatic rings. The van der Waals surface area contributed by atoms with E-state index in [2.05, 4.69) is 37.5 Å². The Hall–Kier alpha value is -2.83. The molecule has 0 aromatic carbocycles. The average molecular weight is 295 g/mol. The number of nitrogens with zero attached hydrogens (tertiary/aromatic N) is 6. The van der Waals surface area contributed by atoms with Gasteiger partial charge < -0.3 is 5.32 Å². The Kier molecular flexibility index (Phi) is 4.33. The molecule has 3 aromatic heterocycles. The van der Waals surface area contributed by atoms with Crippen LogP contribution in [0.1, 0.15) is 12.6 Å². The minimum Gasteiger partial charge on any atom is -0.368 e. The van der Waals surface area contributed by atoms with Crippen molar-refractivity contribution in [3.63, 3.8) is 0 Å². The average Bonchev–Trinajstić information content (AvgIpc) is 3.09. The second-order valence-electron chi connectivity index (χ2n) is 4.73. The fourth-order valence-corrected chi connectivity index (χ4v) is 2.03. The van der Waals surface area contributed by atoms with E-state index >= 15 is 0 Å². The lowest BCUT2D eigenvalue weighted by Gasteiger charge is -2.09. The Balaban J connectivity index is 1.75. The maximum absolute atomic E-state index is 4.54. The van der Waals surface area contributed by atoms with Gasteiger partial charge in [-0.1, -0.05) is 18.2 Å². The van der Waals surface area contributed by atoms with Crippen LogP contribution in [0.5, 0.6) is 0 Å². The van der Waals surface area contributed by atoms with Crippen molar-refractivity contribution in [1.82, 2.24) is 29.9 Å². The third-order valence-electron chi connectivity index (χ3n) is 3.15. The highest BCUT2D eigenvalue weighted by atomic mass is 15.4. The minimum atomic E-state index is 0.642. The van der Waals surface area contributed by atoms with Crippen LogP contribution >= 0.6 is 0 Å². The summed E-state index contributed by atoms with van der Waals surface area (Å²) >= 11 is 0. The van der Waals surface area contributed by atoms with E-state index in [0.29, 0.717) is 12.4 Å². The zero-order valence-corrected chi connectivity index (χ0v) is 12.3. The van der Waals surface area contributed by atoms with Crippen molar-refractivity contribution >= 4 is 5.82 Å². The molecule has 0 saturated carbocycles. The number of nitrogens with one attached hydrogen (secondary N) is 1. The van der Waals surface area contributed by atoms with Gasteiger partial charge in [0.2, 0.25) is 0 Å². The molecule has 7 nitrogen and oxygen atoms in total. The summed E-state index contributed by atoms with van der Waals surface area (Å²) in [4.78, 5) is 13.4. The van der Waals surface area contributed by atoms with Gasteiger partial charge >= 0.3 is 0 Å². The Labute approximate surface area is 128 Å². The minimum absolute atomic E-state index is 0.642. The standard InChI is InChI=1S/C15H17N7/c1-2-12-11-14(17-7-9-22-10-8-18-21-22)20-15(19-12)13-5-3-4-6-16-13/h3-6,8,10-11H,2,7,9H2,1H3,(H,17,19,20). The first-order valence-corrected chi connectivity index (χ1v) is 7.22. The molecule has 0 amide bonds. The molecule has 0 radical (unpaired) electrons. The summed E-state index contributed by atoms with van der Waals surface area (Å²) in [5, 5.41) is 11.0. The number of anilines is 1. The Bertz CT molecular complexity index is 710. The van der Waals surface area contributed by atoms with Crippen molar-refractivity contribution in [3.8, 4) is 11.5 Å². The molecule has 3 heterocycles.